The van der Waals surface area contributed by atoms with E-state index in [-0.39, 0.29) is 11.6 Å². The Hall–Kier alpha value is -0.0800. The highest BCUT2D eigenvalue weighted by atomic mass is 16.3. The summed E-state index contributed by atoms with van der Waals surface area (Å²) in [5.74, 6) is 1.19. The average Bonchev–Trinajstić information content (AvgIpc) is 2.30. The second-order valence-corrected chi connectivity index (χ2v) is 8.25. The number of hydrogen-bond donors (Lipinski definition) is 1. The standard InChI is InChI=1S/C17H35NO/c1-8-17(5,6)18(7)12-13-11-14(16(2,3)4)9-10-15(13)19/h13-15,19H,8-12H2,1-7H3. The van der Waals surface area contributed by atoms with E-state index in [0.717, 1.165) is 25.3 Å². The van der Waals surface area contributed by atoms with Crippen LogP contribution >= 0.6 is 0 Å². The van der Waals surface area contributed by atoms with E-state index in [1.54, 1.807) is 0 Å². The molecule has 0 aromatic carbocycles. The summed E-state index contributed by atoms with van der Waals surface area (Å²) in [5, 5.41) is 10.3. The molecule has 0 aromatic rings. The van der Waals surface area contributed by atoms with E-state index >= 15 is 0 Å². The van der Waals surface area contributed by atoms with E-state index in [4.69, 9.17) is 0 Å². The lowest BCUT2D eigenvalue weighted by Crippen LogP contribution is -2.47. The van der Waals surface area contributed by atoms with Gasteiger partial charge in [0.1, 0.15) is 0 Å². The van der Waals surface area contributed by atoms with Crippen molar-refractivity contribution >= 4 is 0 Å². The van der Waals surface area contributed by atoms with Gasteiger partial charge in [0, 0.05) is 12.1 Å². The molecule has 0 spiro atoms. The molecule has 1 N–H and O–H groups in total. The third-order valence-corrected chi connectivity index (χ3v) is 5.57. The predicted molar refractivity (Wildman–Crippen MR) is 83.3 cm³/mol. The lowest BCUT2D eigenvalue weighted by Gasteiger charge is -2.44. The Balaban J connectivity index is 2.65. The minimum Gasteiger partial charge on any atom is -0.393 e. The second kappa shape index (κ2) is 6.13. The molecular formula is C17H35NO. The number of aliphatic hydroxyl groups is 1. The molecule has 1 fully saturated rings. The molecule has 0 aliphatic heterocycles. The van der Waals surface area contributed by atoms with Crippen molar-refractivity contribution in [3.63, 3.8) is 0 Å². The summed E-state index contributed by atoms with van der Waals surface area (Å²) in [5.41, 5.74) is 0.603. The molecule has 0 heterocycles. The van der Waals surface area contributed by atoms with Gasteiger partial charge in [0.05, 0.1) is 6.10 Å². The van der Waals surface area contributed by atoms with Gasteiger partial charge in [-0.3, -0.25) is 0 Å². The highest BCUT2D eigenvalue weighted by Crippen LogP contribution is 2.40. The van der Waals surface area contributed by atoms with Crippen molar-refractivity contribution in [2.24, 2.45) is 17.3 Å². The van der Waals surface area contributed by atoms with E-state index in [9.17, 15) is 5.11 Å². The van der Waals surface area contributed by atoms with E-state index in [1.165, 1.54) is 12.8 Å². The number of hydrogen-bond acceptors (Lipinski definition) is 2. The van der Waals surface area contributed by atoms with Crippen LogP contribution in [0.15, 0.2) is 0 Å². The van der Waals surface area contributed by atoms with Gasteiger partial charge in [-0.05, 0) is 63.8 Å². The minimum atomic E-state index is -0.103. The molecule has 0 amide bonds. The Morgan fingerprint density at radius 3 is 2.16 bits per heavy atom. The van der Waals surface area contributed by atoms with Crippen LogP contribution in [0.3, 0.4) is 0 Å². The first-order valence-corrected chi connectivity index (χ1v) is 7.97. The smallest absolute Gasteiger partial charge is 0.0580 e. The van der Waals surface area contributed by atoms with Crippen molar-refractivity contribution in [2.75, 3.05) is 13.6 Å². The molecular weight excluding hydrogens is 234 g/mol. The Morgan fingerprint density at radius 1 is 1.11 bits per heavy atom. The fraction of sp³-hybridized carbons (Fsp3) is 1.00. The molecule has 1 aliphatic rings. The normalized spacial score (nSPS) is 29.8. The third-order valence-electron chi connectivity index (χ3n) is 5.57. The van der Waals surface area contributed by atoms with Crippen LogP contribution in [0, 0.1) is 17.3 Å². The summed E-state index contributed by atoms with van der Waals surface area (Å²) in [6.07, 6.45) is 4.38. The number of aliphatic hydroxyl groups excluding tert-OH is 1. The van der Waals surface area contributed by atoms with Gasteiger partial charge in [0.25, 0.3) is 0 Å². The van der Waals surface area contributed by atoms with Gasteiger partial charge in [-0.15, -0.1) is 0 Å². The summed E-state index contributed by atoms with van der Waals surface area (Å²) in [6, 6.07) is 0. The lowest BCUT2D eigenvalue weighted by molar-refractivity contribution is -0.00761. The summed E-state index contributed by atoms with van der Waals surface area (Å²) in [7, 11) is 2.21. The maximum absolute atomic E-state index is 10.3. The van der Waals surface area contributed by atoms with Gasteiger partial charge in [0.15, 0.2) is 0 Å². The maximum Gasteiger partial charge on any atom is 0.0580 e. The largest absolute Gasteiger partial charge is 0.393 e. The molecule has 0 bridgehead atoms. The summed E-state index contributed by atoms with van der Waals surface area (Å²) >= 11 is 0. The zero-order valence-electron chi connectivity index (χ0n) is 14.2. The number of nitrogens with zero attached hydrogens (tertiary/aromatic N) is 1. The first-order chi connectivity index (χ1) is 8.58. The molecule has 2 heteroatoms. The minimum absolute atomic E-state index is 0.103. The molecule has 0 saturated heterocycles. The third kappa shape index (κ3) is 4.46. The van der Waals surface area contributed by atoms with Gasteiger partial charge < -0.3 is 10.0 Å². The summed E-state index contributed by atoms with van der Waals surface area (Å²) in [4.78, 5) is 2.44. The van der Waals surface area contributed by atoms with E-state index in [0.29, 0.717) is 11.3 Å². The van der Waals surface area contributed by atoms with Crippen molar-refractivity contribution < 1.29 is 5.11 Å². The van der Waals surface area contributed by atoms with Crippen molar-refractivity contribution in [3.8, 4) is 0 Å². The Labute approximate surface area is 120 Å². The highest BCUT2D eigenvalue weighted by molar-refractivity contribution is 4.88. The molecule has 1 aliphatic carbocycles. The van der Waals surface area contributed by atoms with Crippen LogP contribution in [0.2, 0.25) is 0 Å². The molecule has 0 radical (unpaired) electrons. The first-order valence-electron chi connectivity index (χ1n) is 7.97. The predicted octanol–water partition coefficient (Wildman–Crippen LogP) is 3.93. The molecule has 3 unspecified atom stereocenters. The molecule has 114 valence electrons. The fourth-order valence-electron chi connectivity index (χ4n) is 3.10. The van der Waals surface area contributed by atoms with E-state index in [2.05, 4.69) is 53.5 Å². The maximum atomic E-state index is 10.3. The molecule has 1 saturated carbocycles. The molecule has 2 nitrogen and oxygen atoms in total. The van der Waals surface area contributed by atoms with Crippen LogP contribution in [0.4, 0.5) is 0 Å². The van der Waals surface area contributed by atoms with Crippen LogP contribution in [0.5, 0.6) is 0 Å². The Bertz CT molecular complexity index is 279. The highest BCUT2D eigenvalue weighted by Gasteiger charge is 2.36. The SMILES string of the molecule is CCC(C)(C)N(C)CC1CC(C(C)(C)C)CCC1O. The zero-order chi connectivity index (χ0) is 14.8. The van der Waals surface area contributed by atoms with Crippen LogP contribution in [0.1, 0.15) is 67.2 Å². The lowest BCUT2D eigenvalue weighted by atomic mass is 9.68. The van der Waals surface area contributed by atoms with E-state index in [1.807, 2.05) is 0 Å². The van der Waals surface area contributed by atoms with Gasteiger partial charge in [-0.2, -0.15) is 0 Å². The van der Waals surface area contributed by atoms with Crippen LogP contribution in [-0.2, 0) is 0 Å². The second-order valence-electron chi connectivity index (χ2n) is 8.25. The van der Waals surface area contributed by atoms with Crippen molar-refractivity contribution in [1.29, 1.82) is 0 Å². The zero-order valence-corrected chi connectivity index (χ0v) is 14.2. The van der Waals surface area contributed by atoms with Crippen LogP contribution in [0.25, 0.3) is 0 Å². The fourth-order valence-corrected chi connectivity index (χ4v) is 3.10. The van der Waals surface area contributed by atoms with Crippen molar-refractivity contribution in [2.45, 2.75) is 78.9 Å². The topological polar surface area (TPSA) is 23.5 Å². The molecule has 19 heavy (non-hydrogen) atoms. The van der Waals surface area contributed by atoms with Gasteiger partial charge in [0.2, 0.25) is 0 Å². The summed E-state index contributed by atoms with van der Waals surface area (Å²) < 4.78 is 0. The monoisotopic (exact) mass is 269 g/mol. The average molecular weight is 269 g/mol. The van der Waals surface area contributed by atoms with E-state index < -0.39 is 0 Å². The van der Waals surface area contributed by atoms with Crippen molar-refractivity contribution in [3.05, 3.63) is 0 Å². The van der Waals surface area contributed by atoms with Crippen molar-refractivity contribution in [1.82, 2.24) is 4.90 Å². The van der Waals surface area contributed by atoms with Gasteiger partial charge in [-0.1, -0.05) is 27.7 Å². The quantitative estimate of drug-likeness (QED) is 0.836. The molecule has 3 atom stereocenters. The Kier molecular flexibility index (Phi) is 5.48. The number of rotatable bonds is 4. The van der Waals surface area contributed by atoms with Crippen LogP contribution in [-0.4, -0.2) is 35.2 Å². The first kappa shape index (κ1) is 17.0. The Morgan fingerprint density at radius 2 is 1.68 bits per heavy atom. The summed E-state index contributed by atoms with van der Waals surface area (Å²) in [6.45, 7) is 14.9. The van der Waals surface area contributed by atoms with Gasteiger partial charge in [-0.25, -0.2) is 0 Å². The molecule has 1 rings (SSSR count). The molecule has 0 aromatic heterocycles. The van der Waals surface area contributed by atoms with Gasteiger partial charge >= 0.3 is 0 Å². The van der Waals surface area contributed by atoms with Crippen LogP contribution < -0.4 is 0 Å².